The van der Waals surface area contributed by atoms with Crippen molar-refractivity contribution in [2.24, 2.45) is 4.99 Å². The Bertz CT molecular complexity index is 755. The van der Waals surface area contributed by atoms with Crippen LogP contribution in [0, 0.1) is 6.92 Å². The van der Waals surface area contributed by atoms with E-state index in [9.17, 15) is 0 Å². The maximum atomic E-state index is 6.09. The Kier molecular flexibility index (Phi) is 7.74. The van der Waals surface area contributed by atoms with E-state index in [0.29, 0.717) is 19.1 Å². The lowest BCUT2D eigenvalue weighted by Gasteiger charge is -2.18. The molecule has 1 aliphatic heterocycles. The molecule has 2 N–H and O–H groups in total. The van der Waals surface area contributed by atoms with Crippen molar-refractivity contribution < 1.29 is 9.47 Å². The third-order valence-corrected chi connectivity index (χ3v) is 6.05. The minimum atomic E-state index is 0.217. The molecule has 6 heteroatoms. The van der Waals surface area contributed by atoms with E-state index in [1.165, 1.54) is 10.4 Å². The highest BCUT2D eigenvalue weighted by Gasteiger charge is 2.17. The maximum absolute atomic E-state index is 6.09. The summed E-state index contributed by atoms with van der Waals surface area (Å²) >= 11 is 1.79. The second kappa shape index (κ2) is 10.5. The molecule has 0 radical (unpaired) electrons. The summed E-state index contributed by atoms with van der Waals surface area (Å²) in [6.07, 6.45) is 2.43. The molecule has 0 spiro atoms. The summed E-state index contributed by atoms with van der Waals surface area (Å²) in [5.74, 6) is 2.17. The maximum Gasteiger partial charge on any atom is 0.191 e. The normalized spacial score (nSPS) is 18.1. The first-order chi connectivity index (χ1) is 13.7. The van der Waals surface area contributed by atoms with E-state index in [-0.39, 0.29) is 6.10 Å². The van der Waals surface area contributed by atoms with Crippen LogP contribution in [0.5, 0.6) is 5.75 Å². The van der Waals surface area contributed by atoms with Gasteiger partial charge in [-0.1, -0.05) is 25.1 Å². The molecule has 1 aliphatic rings. The second-order valence-corrected chi connectivity index (χ2v) is 8.26. The van der Waals surface area contributed by atoms with Crippen molar-refractivity contribution in [2.45, 2.75) is 45.3 Å². The molecule has 28 heavy (non-hydrogen) atoms. The first kappa shape index (κ1) is 20.7. The molecule has 2 unspecified atom stereocenters. The van der Waals surface area contributed by atoms with Crippen molar-refractivity contribution >= 4 is 17.3 Å². The van der Waals surface area contributed by atoms with Crippen LogP contribution < -0.4 is 15.4 Å². The Labute approximate surface area is 172 Å². The molecule has 0 amide bonds. The number of aliphatic imine (C=N–C) groups is 1. The van der Waals surface area contributed by atoms with Crippen LogP contribution in [0.15, 0.2) is 40.7 Å². The van der Waals surface area contributed by atoms with Gasteiger partial charge in [-0.15, -0.1) is 11.3 Å². The van der Waals surface area contributed by atoms with E-state index in [0.717, 1.165) is 43.3 Å². The summed E-state index contributed by atoms with van der Waals surface area (Å²) in [4.78, 5) is 5.73. The molecule has 2 heterocycles. The van der Waals surface area contributed by atoms with Gasteiger partial charge in [0, 0.05) is 43.1 Å². The Balaban J connectivity index is 1.53. The third kappa shape index (κ3) is 5.97. The van der Waals surface area contributed by atoms with Crippen LogP contribution in [-0.2, 0) is 11.3 Å². The van der Waals surface area contributed by atoms with Crippen molar-refractivity contribution in [1.82, 2.24) is 10.6 Å². The summed E-state index contributed by atoms with van der Waals surface area (Å²) in [6, 6.07) is 10.6. The fourth-order valence-corrected chi connectivity index (χ4v) is 4.01. The van der Waals surface area contributed by atoms with Crippen LogP contribution in [0.1, 0.15) is 41.7 Å². The lowest BCUT2D eigenvalue weighted by atomic mass is 10.1. The Morgan fingerprint density at radius 1 is 1.36 bits per heavy atom. The van der Waals surface area contributed by atoms with Gasteiger partial charge in [-0.3, -0.25) is 4.99 Å². The predicted molar refractivity (Wildman–Crippen MR) is 117 cm³/mol. The van der Waals surface area contributed by atoms with Crippen LogP contribution >= 0.6 is 11.3 Å². The van der Waals surface area contributed by atoms with Gasteiger partial charge in [-0.2, -0.15) is 0 Å². The van der Waals surface area contributed by atoms with Crippen molar-refractivity contribution in [1.29, 1.82) is 0 Å². The van der Waals surface area contributed by atoms with Crippen molar-refractivity contribution in [3.05, 3.63) is 51.7 Å². The van der Waals surface area contributed by atoms with E-state index in [1.54, 1.807) is 18.4 Å². The zero-order valence-corrected chi connectivity index (χ0v) is 17.8. The molecule has 1 saturated heterocycles. The molecular formula is C22H31N3O2S. The highest BCUT2D eigenvalue weighted by molar-refractivity contribution is 7.10. The zero-order valence-electron chi connectivity index (χ0n) is 17.0. The summed E-state index contributed by atoms with van der Waals surface area (Å²) in [6.45, 7) is 7.28. The lowest BCUT2D eigenvalue weighted by molar-refractivity contribution is 0.0676. The molecule has 2 aromatic rings. The standard InChI is InChI=1S/C22H31N3O2S/c1-16-8-9-18(20(12-16)27-15-19-6-4-10-26-19)14-25-22(23-3)24-13-17(2)21-7-5-11-28-21/h5,7-9,11-12,17,19H,4,6,10,13-15H2,1-3H3,(H2,23,24,25). The quantitative estimate of drug-likeness (QED) is 0.517. The average molecular weight is 402 g/mol. The van der Waals surface area contributed by atoms with Crippen molar-refractivity contribution in [2.75, 3.05) is 26.8 Å². The number of thiophene rings is 1. The van der Waals surface area contributed by atoms with Gasteiger partial charge in [0.15, 0.2) is 5.96 Å². The summed E-state index contributed by atoms with van der Waals surface area (Å²) in [5, 5.41) is 8.94. The first-order valence-corrected chi connectivity index (χ1v) is 10.9. The fourth-order valence-electron chi connectivity index (χ4n) is 3.22. The summed E-state index contributed by atoms with van der Waals surface area (Å²) in [7, 11) is 1.80. The highest BCUT2D eigenvalue weighted by atomic mass is 32.1. The van der Waals surface area contributed by atoms with Gasteiger partial charge in [-0.25, -0.2) is 0 Å². The summed E-state index contributed by atoms with van der Waals surface area (Å²) < 4.78 is 11.8. The van der Waals surface area contributed by atoms with Gasteiger partial charge in [0.1, 0.15) is 12.4 Å². The molecule has 2 atom stereocenters. The SMILES string of the molecule is CN=C(NCc1ccc(C)cc1OCC1CCCO1)NCC(C)c1cccs1. The minimum absolute atomic E-state index is 0.217. The molecule has 0 saturated carbocycles. The van der Waals surface area contributed by atoms with E-state index in [2.05, 4.69) is 65.2 Å². The van der Waals surface area contributed by atoms with Crippen molar-refractivity contribution in [3.63, 3.8) is 0 Å². The third-order valence-electron chi connectivity index (χ3n) is 4.95. The van der Waals surface area contributed by atoms with E-state index in [1.807, 2.05) is 0 Å². The lowest BCUT2D eigenvalue weighted by Crippen LogP contribution is -2.38. The topological polar surface area (TPSA) is 54.9 Å². The molecule has 0 aliphatic carbocycles. The number of aryl methyl sites for hydroxylation is 1. The molecule has 152 valence electrons. The van der Waals surface area contributed by atoms with Gasteiger partial charge in [0.2, 0.25) is 0 Å². The molecule has 1 aromatic heterocycles. The number of nitrogens with one attached hydrogen (secondary N) is 2. The fraction of sp³-hybridized carbons (Fsp3) is 0.500. The van der Waals surface area contributed by atoms with Crippen LogP contribution in [0.3, 0.4) is 0 Å². The second-order valence-electron chi connectivity index (χ2n) is 7.28. The molecule has 3 rings (SSSR count). The number of ether oxygens (including phenoxy) is 2. The van der Waals surface area contributed by atoms with Gasteiger partial charge in [0.25, 0.3) is 0 Å². The first-order valence-electron chi connectivity index (χ1n) is 9.97. The minimum Gasteiger partial charge on any atom is -0.491 e. The van der Waals surface area contributed by atoms with E-state index >= 15 is 0 Å². The highest BCUT2D eigenvalue weighted by Crippen LogP contribution is 2.22. The van der Waals surface area contributed by atoms with Crippen LogP contribution in [0.4, 0.5) is 0 Å². The van der Waals surface area contributed by atoms with E-state index < -0.39 is 0 Å². The molecule has 0 bridgehead atoms. The van der Waals surface area contributed by atoms with Crippen LogP contribution in [0.25, 0.3) is 0 Å². The van der Waals surface area contributed by atoms with Gasteiger partial charge in [0.05, 0.1) is 6.10 Å². The molecule has 1 aromatic carbocycles. The molecule has 5 nitrogen and oxygen atoms in total. The number of benzene rings is 1. The predicted octanol–water partition coefficient (Wildman–Crippen LogP) is 4.08. The summed E-state index contributed by atoms with van der Waals surface area (Å²) in [5.41, 5.74) is 2.32. The molecular weight excluding hydrogens is 370 g/mol. The van der Waals surface area contributed by atoms with Gasteiger partial charge in [-0.05, 0) is 42.8 Å². The van der Waals surface area contributed by atoms with Gasteiger partial charge < -0.3 is 20.1 Å². The number of rotatable bonds is 8. The Morgan fingerprint density at radius 2 is 2.25 bits per heavy atom. The van der Waals surface area contributed by atoms with Crippen LogP contribution in [0.2, 0.25) is 0 Å². The Morgan fingerprint density at radius 3 is 2.96 bits per heavy atom. The Hall–Kier alpha value is -2.05. The molecule has 1 fully saturated rings. The number of hydrogen-bond acceptors (Lipinski definition) is 4. The number of guanidine groups is 1. The average Bonchev–Trinajstić information content (AvgIpc) is 3.41. The number of nitrogens with zero attached hydrogens (tertiary/aromatic N) is 1. The van der Waals surface area contributed by atoms with Crippen LogP contribution in [-0.4, -0.2) is 38.9 Å². The van der Waals surface area contributed by atoms with E-state index in [4.69, 9.17) is 9.47 Å². The van der Waals surface area contributed by atoms with Crippen molar-refractivity contribution in [3.8, 4) is 5.75 Å². The largest absolute Gasteiger partial charge is 0.491 e. The smallest absolute Gasteiger partial charge is 0.191 e. The van der Waals surface area contributed by atoms with Gasteiger partial charge >= 0.3 is 0 Å². The monoisotopic (exact) mass is 401 g/mol. The zero-order chi connectivity index (χ0) is 19.8. The number of hydrogen-bond donors (Lipinski definition) is 2.